The molecule has 0 aliphatic carbocycles. The van der Waals surface area contributed by atoms with Crippen LogP contribution in [0.3, 0.4) is 0 Å². The van der Waals surface area contributed by atoms with Crippen molar-refractivity contribution >= 4 is 33.2 Å². The Morgan fingerprint density at radius 3 is 2.35 bits per heavy atom. The molecular weight excluding hydrogens is 392 g/mol. The number of rotatable bonds is 6. The van der Waals surface area contributed by atoms with E-state index >= 15 is 0 Å². The second-order valence-corrected chi connectivity index (χ2v) is 6.63. The maximum Gasteiger partial charge on any atom is 0.251 e. The van der Waals surface area contributed by atoms with E-state index in [-0.39, 0.29) is 5.91 Å². The number of amides is 1. The number of hydrogen-bond acceptors (Lipinski definition) is 3. The minimum atomic E-state index is -0.524. The predicted octanol–water partition coefficient (Wildman–Crippen LogP) is 5.25. The van der Waals surface area contributed by atoms with E-state index < -0.39 is 6.04 Å². The summed E-state index contributed by atoms with van der Waals surface area (Å²) in [6.45, 7) is 0. The summed E-state index contributed by atoms with van der Waals surface area (Å²) in [6.07, 6.45) is 0. The van der Waals surface area contributed by atoms with E-state index in [0.717, 1.165) is 15.7 Å². The first kappa shape index (κ1) is 18.0. The Hall–Kier alpha value is -2.79. The molecule has 0 aromatic heterocycles. The average molecular weight is 411 g/mol. The minimum absolute atomic E-state index is 0.146. The fraction of sp³-hybridized carbons (Fsp3) is 0.0952. The number of benzene rings is 3. The third kappa shape index (κ3) is 4.64. The van der Waals surface area contributed by atoms with Crippen LogP contribution in [0.25, 0.3) is 0 Å². The molecule has 2 N–H and O–H groups in total. The molecule has 0 unspecified atom stereocenters. The van der Waals surface area contributed by atoms with E-state index in [2.05, 4.69) is 26.6 Å². The van der Waals surface area contributed by atoms with Crippen molar-refractivity contribution < 1.29 is 9.53 Å². The van der Waals surface area contributed by atoms with E-state index in [1.807, 2.05) is 72.8 Å². The molecule has 0 saturated carbocycles. The van der Waals surface area contributed by atoms with Crippen molar-refractivity contribution in [1.82, 2.24) is 0 Å². The highest BCUT2D eigenvalue weighted by atomic mass is 79.9. The second-order valence-electron chi connectivity index (χ2n) is 5.72. The van der Waals surface area contributed by atoms with E-state index in [9.17, 15) is 4.79 Å². The standard InChI is InChI=1S/C21H19BrN2O2/c1-26-19-9-5-8-18(14-19)24-21(25)20(15-6-3-2-4-7-15)23-17-12-10-16(22)11-13-17/h2-14,20,23H,1H3,(H,24,25)/t20-/m1/s1. The number of carbonyl (C=O) groups is 1. The minimum Gasteiger partial charge on any atom is -0.497 e. The molecule has 132 valence electrons. The van der Waals surface area contributed by atoms with Crippen LogP contribution >= 0.6 is 15.9 Å². The number of anilines is 2. The van der Waals surface area contributed by atoms with Crippen LogP contribution in [0.15, 0.2) is 83.3 Å². The van der Waals surface area contributed by atoms with E-state index in [1.54, 1.807) is 13.2 Å². The van der Waals surface area contributed by atoms with Crippen LogP contribution < -0.4 is 15.4 Å². The van der Waals surface area contributed by atoms with Gasteiger partial charge in [0.2, 0.25) is 0 Å². The molecule has 4 nitrogen and oxygen atoms in total. The molecule has 0 radical (unpaired) electrons. The number of hydrogen-bond donors (Lipinski definition) is 2. The first-order valence-electron chi connectivity index (χ1n) is 8.17. The maximum atomic E-state index is 13.0. The van der Waals surface area contributed by atoms with Crippen molar-refractivity contribution in [1.29, 1.82) is 0 Å². The zero-order valence-electron chi connectivity index (χ0n) is 14.3. The third-order valence-electron chi connectivity index (χ3n) is 3.89. The average Bonchev–Trinajstić information content (AvgIpc) is 2.68. The molecule has 0 aliphatic rings. The Bertz CT molecular complexity index is 867. The van der Waals surface area contributed by atoms with Crippen LogP contribution in [-0.2, 0) is 4.79 Å². The molecule has 0 fully saturated rings. The quantitative estimate of drug-likeness (QED) is 0.583. The maximum absolute atomic E-state index is 13.0. The molecule has 3 aromatic rings. The lowest BCUT2D eigenvalue weighted by Crippen LogP contribution is -2.27. The van der Waals surface area contributed by atoms with Gasteiger partial charge in [0.05, 0.1) is 7.11 Å². The normalized spacial score (nSPS) is 11.5. The largest absolute Gasteiger partial charge is 0.497 e. The smallest absolute Gasteiger partial charge is 0.251 e. The van der Waals surface area contributed by atoms with Gasteiger partial charge in [-0.1, -0.05) is 52.3 Å². The summed E-state index contributed by atoms with van der Waals surface area (Å²) in [4.78, 5) is 13.0. The zero-order valence-corrected chi connectivity index (χ0v) is 15.9. The van der Waals surface area contributed by atoms with E-state index in [4.69, 9.17) is 4.74 Å². The van der Waals surface area contributed by atoms with Gasteiger partial charge in [-0.15, -0.1) is 0 Å². The first-order chi connectivity index (χ1) is 12.7. The Balaban J connectivity index is 1.84. The molecule has 0 heterocycles. The lowest BCUT2D eigenvalue weighted by Gasteiger charge is -2.20. The van der Waals surface area contributed by atoms with Crippen LogP contribution in [-0.4, -0.2) is 13.0 Å². The summed E-state index contributed by atoms with van der Waals surface area (Å²) in [7, 11) is 1.60. The molecule has 0 aliphatic heterocycles. The highest BCUT2D eigenvalue weighted by Gasteiger charge is 2.20. The fourth-order valence-corrected chi connectivity index (χ4v) is 2.84. The highest BCUT2D eigenvalue weighted by molar-refractivity contribution is 9.10. The van der Waals surface area contributed by atoms with Crippen molar-refractivity contribution in [3.8, 4) is 5.75 Å². The fourth-order valence-electron chi connectivity index (χ4n) is 2.57. The third-order valence-corrected chi connectivity index (χ3v) is 4.42. The van der Waals surface area contributed by atoms with Crippen molar-refractivity contribution in [2.45, 2.75) is 6.04 Å². The number of carbonyl (C=O) groups excluding carboxylic acids is 1. The Morgan fingerprint density at radius 2 is 1.65 bits per heavy atom. The monoisotopic (exact) mass is 410 g/mol. The molecular formula is C21H19BrN2O2. The van der Waals surface area contributed by atoms with Gasteiger partial charge < -0.3 is 15.4 Å². The lowest BCUT2D eigenvalue weighted by molar-refractivity contribution is -0.117. The van der Waals surface area contributed by atoms with Crippen molar-refractivity contribution in [2.24, 2.45) is 0 Å². The van der Waals surface area contributed by atoms with Crippen LogP contribution in [0, 0.1) is 0 Å². The van der Waals surface area contributed by atoms with Gasteiger partial charge in [0.1, 0.15) is 11.8 Å². The van der Waals surface area contributed by atoms with Crippen molar-refractivity contribution in [3.05, 3.63) is 88.9 Å². The lowest BCUT2D eigenvalue weighted by atomic mass is 10.1. The predicted molar refractivity (Wildman–Crippen MR) is 109 cm³/mol. The van der Waals surface area contributed by atoms with Crippen LogP contribution in [0.2, 0.25) is 0 Å². The van der Waals surface area contributed by atoms with Crippen molar-refractivity contribution in [2.75, 3.05) is 17.7 Å². The molecule has 0 spiro atoms. The van der Waals surface area contributed by atoms with Gasteiger partial charge in [0.25, 0.3) is 5.91 Å². The van der Waals surface area contributed by atoms with E-state index in [1.165, 1.54) is 0 Å². The van der Waals surface area contributed by atoms with Gasteiger partial charge in [-0.25, -0.2) is 0 Å². The summed E-state index contributed by atoms with van der Waals surface area (Å²) in [5.41, 5.74) is 2.44. The van der Waals surface area contributed by atoms with Gasteiger partial charge in [-0.2, -0.15) is 0 Å². The Kier molecular flexibility index (Phi) is 5.92. The van der Waals surface area contributed by atoms with Crippen LogP contribution in [0.1, 0.15) is 11.6 Å². The molecule has 1 amide bonds. The molecule has 3 aromatic carbocycles. The molecule has 1 atom stereocenters. The molecule has 0 bridgehead atoms. The second kappa shape index (κ2) is 8.54. The number of ether oxygens (including phenoxy) is 1. The Morgan fingerprint density at radius 1 is 0.923 bits per heavy atom. The van der Waals surface area contributed by atoms with Crippen LogP contribution in [0.5, 0.6) is 5.75 Å². The molecule has 26 heavy (non-hydrogen) atoms. The molecule has 3 rings (SSSR count). The number of nitrogens with one attached hydrogen (secondary N) is 2. The summed E-state index contributed by atoms with van der Waals surface area (Å²) in [5.74, 6) is 0.548. The van der Waals surface area contributed by atoms with E-state index in [0.29, 0.717) is 11.4 Å². The van der Waals surface area contributed by atoms with Crippen LogP contribution in [0.4, 0.5) is 11.4 Å². The number of halogens is 1. The van der Waals surface area contributed by atoms with Crippen molar-refractivity contribution in [3.63, 3.8) is 0 Å². The summed E-state index contributed by atoms with van der Waals surface area (Å²) >= 11 is 3.42. The summed E-state index contributed by atoms with van der Waals surface area (Å²) in [5, 5.41) is 6.26. The summed E-state index contributed by atoms with van der Waals surface area (Å²) < 4.78 is 6.20. The van der Waals surface area contributed by atoms with Gasteiger partial charge in [-0.05, 0) is 42.0 Å². The highest BCUT2D eigenvalue weighted by Crippen LogP contribution is 2.24. The van der Waals surface area contributed by atoms with Gasteiger partial charge >= 0.3 is 0 Å². The summed E-state index contributed by atoms with van der Waals surface area (Å²) in [6, 6.07) is 24.1. The van der Waals surface area contributed by atoms with Gasteiger partial charge in [-0.3, -0.25) is 4.79 Å². The van der Waals surface area contributed by atoms with Gasteiger partial charge in [0, 0.05) is 21.9 Å². The topological polar surface area (TPSA) is 50.4 Å². The molecule has 0 saturated heterocycles. The first-order valence-corrected chi connectivity index (χ1v) is 8.97. The van der Waals surface area contributed by atoms with Gasteiger partial charge in [0.15, 0.2) is 0 Å². The zero-order chi connectivity index (χ0) is 18.4. The SMILES string of the molecule is COc1cccc(NC(=O)[C@H](Nc2ccc(Br)cc2)c2ccccc2)c1. The molecule has 5 heteroatoms. The Labute approximate surface area is 161 Å². The number of methoxy groups -OCH3 is 1.